The van der Waals surface area contributed by atoms with Crippen LogP contribution in [0.3, 0.4) is 0 Å². The maximum Gasteiger partial charge on any atom is 0.216 e. The molecule has 2 rings (SSSR count). The molecule has 0 aliphatic heterocycles. The summed E-state index contributed by atoms with van der Waals surface area (Å²) < 4.78 is 5.66. The standard InChI is InChI=1S/C10H14N2O/c1-7-3-2-4-12-10(7)13-9-5-8(11)6-9/h2-4,8-9H,5-6,11H2,1H3. The van der Waals surface area contributed by atoms with Crippen LogP contribution in [-0.2, 0) is 0 Å². The molecule has 3 nitrogen and oxygen atoms in total. The van der Waals surface area contributed by atoms with Crippen molar-refractivity contribution in [3.05, 3.63) is 23.9 Å². The van der Waals surface area contributed by atoms with Crippen LogP contribution in [0.15, 0.2) is 18.3 Å². The number of nitrogens with two attached hydrogens (primary N) is 1. The van der Waals surface area contributed by atoms with Gasteiger partial charge in [-0.25, -0.2) is 4.98 Å². The molecule has 0 unspecified atom stereocenters. The lowest BCUT2D eigenvalue weighted by atomic mass is 9.90. The third kappa shape index (κ3) is 1.80. The van der Waals surface area contributed by atoms with Gasteiger partial charge >= 0.3 is 0 Å². The number of aromatic nitrogens is 1. The molecule has 1 aliphatic rings. The van der Waals surface area contributed by atoms with Gasteiger partial charge in [-0.3, -0.25) is 0 Å². The maximum absolute atomic E-state index is 5.66. The lowest BCUT2D eigenvalue weighted by Gasteiger charge is -2.32. The Kier molecular flexibility index (Phi) is 2.19. The summed E-state index contributed by atoms with van der Waals surface area (Å²) in [6.07, 6.45) is 3.94. The van der Waals surface area contributed by atoms with Gasteiger partial charge in [-0.15, -0.1) is 0 Å². The minimum Gasteiger partial charge on any atom is -0.474 e. The summed E-state index contributed by atoms with van der Waals surface area (Å²) in [4.78, 5) is 4.16. The first-order valence-electron chi connectivity index (χ1n) is 4.59. The van der Waals surface area contributed by atoms with Gasteiger partial charge in [0.15, 0.2) is 0 Å². The summed E-state index contributed by atoms with van der Waals surface area (Å²) in [5.74, 6) is 0.749. The Morgan fingerprint density at radius 2 is 2.31 bits per heavy atom. The third-order valence-corrected chi connectivity index (χ3v) is 2.37. The van der Waals surface area contributed by atoms with Gasteiger partial charge in [0, 0.05) is 17.8 Å². The predicted octanol–water partition coefficient (Wildman–Crippen LogP) is 1.26. The summed E-state index contributed by atoms with van der Waals surface area (Å²) in [5, 5.41) is 0. The Labute approximate surface area is 77.9 Å². The molecule has 0 atom stereocenters. The molecule has 1 aliphatic carbocycles. The smallest absolute Gasteiger partial charge is 0.216 e. The van der Waals surface area contributed by atoms with E-state index >= 15 is 0 Å². The van der Waals surface area contributed by atoms with Crippen molar-refractivity contribution in [2.24, 2.45) is 5.73 Å². The summed E-state index contributed by atoms with van der Waals surface area (Å²) in [6.45, 7) is 2.00. The number of hydrogen-bond donors (Lipinski definition) is 1. The highest BCUT2D eigenvalue weighted by Gasteiger charge is 2.28. The molecule has 1 saturated carbocycles. The zero-order chi connectivity index (χ0) is 9.26. The lowest BCUT2D eigenvalue weighted by molar-refractivity contribution is 0.0950. The Bertz CT molecular complexity index is 295. The number of aryl methyl sites for hydroxylation is 1. The van der Waals surface area contributed by atoms with Gasteiger partial charge in [-0.1, -0.05) is 6.07 Å². The molecular weight excluding hydrogens is 164 g/mol. The first kappa shape index (κ1) is 8.51. The second-order valence-electron chi connectivity index (χ2n) is 3.60. The molecule has 0 saturated heterocycles. The van der Waals surface area contributed by atoms with Crippen LogP contribution in [0.2, 0.25) is 0 Å². The van der Waals surface area contributed by atoms with Crippen molar-refractivity contribution in [1.29, 1.82) is 0 Å². The number of ether oxygens (including phenoxy) is 1. The molecule has 1 aromatic rings. The first-order chi connectivity index (χ1) is 6.25. The Morgan fingerprint density at radius 3 is 2.92 bits per heavy atom. The molecule has 0 amide bonds. The van der Waals surface area contributed by atoms with Gasteiger partial charge in [0.25, 0.3) is 0 Å². The highest BCUT2D eigenvalue weighted by molar-refractivity contribution is 5.23. The van der Waals surface area contributed by atoms with E-state index < -0.39 is 0 Å². The molecule has 1 fully saturated rings. The van der Waals surface area contributed by atoms with Crippen molar-refractivity contribution in [3.63, 3.8) is 0 Å². The van der Waals surface area contributed by atoms with Gasteiger partial charge in [-0.2, -0.15) is 0 Å². The van der Waals surface area contributed by atoms with Gasteiger partial charge in [0.05, 0.1) is 0 Å². The molecule has 13 heavy (non-hydrogen) atoms. The molecule has 0 radical (unpaired) electrons. The summed E-state index contributed by atoms with van der Waals surface area (Å²) >= 11 is 0. The van der Waals surface area contributed by atoms with Crippen molar-refractivity contribution in [2.75, 3.05) is 0 Å². The van der Waals surface area contributed by atoms with E-state index in [9.17, 15) is 0 Å². The minimum absolute atomic E-state index is 0.281. The molecule has 2 N–H and O–H groups in total. The number of hydrogen-bond acceptors (Lipinski definition) is 3. The van der Waals surface area contributed by atoms with Crippen LogP contribution >= 0.6 is 0 Å². The third-order valence-electron chi connectivity index (χ3n) is 2.37. The molecule has 3 heteroatoms. The second kappa shape index (κ2) is 3.34. The average molecular weight is 178 g/mol. The topological polar surface area (TPSA) is 48.1 Å². The van der Waals surface area contributed by atoms with Crippen LogP contribution in [-0.4, -0.2) is 17.1 Å². The van der Waals surface area contributed by atoms with Gasteiger partial charge < -0.3 is 10.5 Å². The van der Waals surface area contributed by atoms with E-state index in [-0.39, 0.29) is 6.10 Å². The highest BCUT2D eigenvalue weighted by atomic mass is 16.5. The van der Waals surface area contributed by atoms with Crippen molar-refractivity contribution in [2.45, 2.75) is 31.9 Å². The van der Waals surface area contributed by atoms with Crippen LogP contribution in [0, 0.1) is 6.92 Å². The van der Waals surface area contributed by atoms with E-state index in [0.29, 0.717) is 6.04 Å². The fraction of sp³-hybridized carbons (Fsp3) is 0.500. The fourth-order valence-electron chi connectivity index (χ4n) is 1.45. The second-order valence-corrected chi connectivity index (χ2v) is 3.60. The first-order valence-corrected chi connectivity index (χ1v) is 4.59. The molecule has 0 spiro atoms. The van der Waals surface area contributed by atoms with Crippen molar-refractivity contribution in [3.8, 4) is 5.88 Å². The van der Waals surface area contributed by atoms with Crippen LogP contribution in [0.1, 0.15) is 18.4 Å². The Hall–Kier alpha value is -1.09. The highest BCUT2D eigenvalue weighted by Crippen LogP contribution is 2.24. The predicted molar refractivity (Wildman–Crippen MR) is 50.6 cm³/mol. The summed E-state index contributed by atoms with van der Waals surface area (Å²) in [6, 6.07) is 4.24. The van der Waals surface area contributed by atoms with Crippen LogP contribution < -0.4 is 10.5 Å². The summed E-state index contributed by atoms with van der Waals surface area (Å²) in [5.41, 5.74) is 6.75. The van der Waals surface area contributed by atoms with Crippen LogP contribution in [0.25, 0.3) is 0 Å². The molecule has 1 heterocycles. The van der Waals surface area contributed by atoms with Crippen molar-refractivity contribution >= 4 is 0 Å². The minimum atomic E-state index is 0.281. The monoisotopic (exact) mass is 178 g/mol. The normalized spacial score (nSPS) is 26.6. The maximum atomic E-state index is 5.66. The van der Waals surface area contributed by atoms with E-state index in [2.05, 4.69) is 4.98 Å². The summed E-state index contributed by atoms with van der Waals surface area (Å²) in [7, 11) is 0. The molecule has 0 aromatic carbocycles. The number of nitrogens with zero attached hydrogens (tertiary/aromatic N) is 1. The van der Waals surface area contributed by atoms with E-state index in [4.69, 9.17) is 10.5 Å². The molecular formula is C10H14N2O. The van der Waals surface area contributed by atoms with Gasteiger partial charge in [-0.05, 0) is 25.8 Å². The molecule has 70 valence electrons. The van der Waals surface area contributed by atoms with Gasteiger partial charge in [0.1, 0.15) is 6.10 Å². The number of pyridine rings is 1. The fourth-order valence-corrected chi connectivity index (χ4v) is 1.45. The van der Waals surface area contributed by atoms with Gasteiger partial charge in [0.2, 0.25) is 5.88 Å². The van der Waals surface area contributed by atoms with E-state index in [1.54, 1.807) is 6.20 Å². The molecule has 1 aromatic heterocycles. The lowest BCUT2D eigenvalue weighted by Crippen LogP contribution is -2.43. The molecule has 0 bridgehead atoms. The van der Waals surface area contributed by atoms with Crippen LogP contribution in [0.5, 0.6) is 5.88 Å². The average Bonchev–Trinajstić information content (AvgIpc) is 2.06. The Morgan fingerprint density at radius 1 is 1.54 bits per heavy atom. The Balaban J connectivity index is 1.98. The van der Waals surface area contributed by atoms with Crippen LogP contribution in [0.4, 0.5) is 0 Å². The number of rotatable bonds is 2. The zero-order valence-corrected chi connectivity index (χ0v) is 7.73. The van der Waals surface area contributed by atoms with E-state index in [1.807, 2.05) is 19.1 Å². The quantitative estimate of drug-likeness (QED) is 0.741. The zero-order valence-electron chi connectivity index (χ0n) is 7.73. The largest absolute Gasteiger partial charge is 0.474 e. The van der Waals surface area contributed by atoms with E-state index in [1.165, 1.54) is 0 Å². The van der Waals surface area contributed by atoms with Crippen molar-refractivity contribution < 1.29 is 4.74 Å². The SMILES string of the molecule is Cc1cccnc1OC1CC(N)C1. The van der Waals surface area contributed by atoms with E-state index in [0.717, 1.165) is 24.3 Å². The van der Waals surface area contributed by atoms with Crippen molar-refractivity contribution in [1.82, 2.24) is 4.98 Å².